The molecule has 1 aliphatic rings. The molecule has 0 spiro atoms. The molecule has 1 aliphatic carbocycles. The van der Waals surface area contributed by atoms with Crippen molar-refractivity contribution in [3.05, 3.63) is 17.5 Å². The number of hydrogen-bond acceptors (Lipinski definition) is 2. The van der Waals surface area contributed by atoms with E-state index in [1.54, 1.807) is 13.8 Å². The first-order chi connectivity index (χ1) is 7.80. The molecule has 2 rings (SSSR count). The van der Waals surface area contributed by atoms with Crippen LogP contribution in [0.25, 0.3) is 0 Å². The lowest BCUT2D eigenvalue weighted by Crippen LogP contribution is -2.18. The molecule has 3 nitrogen and oxygen atoms in total. The molecule has 0 N–H and O–H groups in total. The summed E-state index contributed by atoms with van der Waals surface area (Å²) in [5.41, 5.74) is -0.663. The summed E-state index contributed by atoms with van der Waals surface area (Å²) in [4.78, 5) is 11.8. The lowest BCUT2D eigenvalue weighted by molar-refractivity contribution is -0.141. The number of carbonyl (C=O) groups is 1. The maximum atomic E-state index is 12.5. The summed E-state index contributed by atoms with van der Waals surface area (Å²) in [6.45, 7) is 3.49. The fraction of sp³-hybridized carbons (Fsp3) is 0.636. The molecule has 17 heavy (non-hydrogen) atoms. The van der Waals surface area contributed by atoms with E-state index in [1.807, 2.05) is 0 Å². The van der Waals surface area contributed by atoms with E-state index >= 15 is 0 Å². The van der Waals surface area contributed by atoms with E-state index in [1.165, 1.54) is 0 Å². The van der Waals surface area contributed by atoms with Crippen molar-refractivity contribution in [2.75, 3.05) is 0 Å². The van der Waals surface area contributed by atoms with E-state index in [-0.39, 0.29) is 17.7 Å². The van der Waals surface area contributed by atoms with Gasteiger partial charge in [-0.05, 0) is 24.8 Å². The van der Waals surface area contributed by atoms with E-state index in [0.717, 1.165) is 23.6 Å². The van der Waals surface area contributed by atoms with Gasteiger partial charge >= 0.3 is 6.18 Å². The molecular weight excluding hydrogens is 233 g/mol. The molecule has 1 saturated carbocycles. The molecule has 0 radical (unpaired) electrons. The van der Waals surface area contributed by atoms with Crippen LogP contribution in [-0.4, -0.2) is 15.7 Å². The fourth-order valence-corrected chi connectivity index (χ4v) is 1.63. The SMILES string of the molecule is CC(C)c1cc(C(F)(F)F)nn1C(=O)C1CC1. The number of carbonyl (C=O) groups excluding carboxylic acids is 1. The minimum atomic E-state index is -4.50. The van der Waals surface area contributed by atoms with Crippen molar-refractivity contribution in [3.8, 4) is 0 Å². The first-order valence-electron chi connectivity index (χ1n) is 5.52. The quantitative estimate of drug-likeness (QED) is 0.803. The van der Waals surface area contributed by atoms with Crippen LogP contribution in [0, 0.1) is 5.92 Å². The number of nitrogens with zero attached hydrogens (tertiary/aromatic N) is 2. The molecule has 1 fully saturated rings. The Balaban J connectivity index is 2.41. The number of halogens is 3. The van der Waals surface area contributed by atoms with Crippen molar-refractivity contribution in [1.82, 2.24) is 9.78 Å². The van der Waals surface area contributed by atoms with Crippen molar-refractivity contribution >= 4 is 5.91 Å². The second-order valence-corrected chi connectivity index (χ2v) is 4.63. The van der Waals surface area contributed by atoms with E-state index < -0.39 is 11.9 Å². The van der Waals surface area contributed by atoms with E-state index in [0.29, 0.717) is 5.69 Å². The highest BCUT2D eigenvalue weighted by atomic mass is 19.4. The van der Waals surface area contributed by atoms with Crippen molar-refractivity contribution < 1.29 is 18.0 Å². The first kappa shape index (κ1) is 12.1. The molecule has 0 saturated heterocycles. The lowest BCUT2D eigenvalue weighted by Gasteiger charge is -2.07. The Morgan fingerprint density at radius 3 is 2.47 bits per heavy atom. The second-order valence-electron chi connectivity index (χ2n) is 4.63. The highest BCUT2D eigenvalue weighted by Crippen LogP contribution is 2.34. The summed E-state index contributed by atoms with van der Waals surface area (Å²) in [7, 11) is 0. The number of hydrogen-bond donors (Lipinski definition) is 0. The van der Waals surface area contributed by atoms with Gasteiger partial charge in [-0.25, -0.2) is 4.68 Å². The Morgan fingerprint density at radius 2 is 2.06 bits per heavy atom. The molecule has 1 aromatic rings. The highest BCUT2D eigenvalue weighted by Gasteiger charge is 2.38. The van der Waals surface area contributed by atoms with Gasteiger partial charge in [0.1, 0.15) is 0 Å². The van der Waals surface area contributed by atoms with Gasteiger partial charge in [0.05, 0.1) is 5.69 Å². The van der Waals surface area contributed by atoms with Crippen LogP contribution in [0.5, 0.6) is 0 Å². The first-order valence-corrected chi connectivity index (χ1v) is 5.52. The van der Waals surface area contributed by atoms with Gasteiger partial charge in [-0.3, -0.25) is 4.79 Å². The fourth-order valence-electron chi connectivity index (χ4n) is 1.63. The van der Waals surface area contributed by atoms with Crippen molar-refractivity contribution in [1.29, 1.82) is 0 Å². The molecule has 0 aliphatic heterocycles. The Kier molecular flexibility index (Phi) is 2.75. The van der Waals surface area contributed by atoms with Crippen LogP contribution in [-0.2, 0) is 6.18 Å². The Hall–Kier alpha value is -1.33. The number of rotatable bonds is 2. The zero-order valence-corrected chi connectivity index (χ0v) is 9.58. The van der Waals surface area contributed by atoms with Crippen LogP contribution in [0.3, 0.4) is 0 Å². The van der Waals surface area contributed by atoms with Crippen LogP contribution in [0.15, 0.2) is 6.07 Å². The average Bonchev–Trinajstić information content (AvgIpc) is 2.92. The largest absolute Gasteiger partial charge is 0.435 e. The Morgan fingerprint density at radius 1 is 1.47 bits per heavy atom. The minimum Gasteiger partial charge on any atom is -0.272 e. The van der Waals surface area contributed by atoms with Gasteiger partial charge in [-0.15, -0.1) is 0 Å². The smallest absolute Gasteiger partial charge is 0.272 e. The summed E-state index contributed by atoms with van der Waals surface area (Å²) < 4.78 is 38.5. The van der Waals surface area contributed by atoms with Crippen molar-refractivity contribution in [3.63, 3.8) is 0 Å². The zero-order valence-electron chi connectivity index (χ0n) is 9.58. The lowest BCUT2D eigenvalue weighted by atomic mass is 10.1. The van der Waals surface area contributed by atoms with Crippen LogP contribution in [0.1, 0.15) is 48.8 Å². The summed E-state index contributed by atoms with van der Waals surface area (Å²) in [6, 6.07) is 0.963. The standard InChI is InChI=1S/C11H13F3N2O/c1-6(2)8-5-9(11(12,13)14)15-16(8)10(17)7-3-4-7/h5-7H,3-4H2,1-2H3. The third-order valence-electron chi connectivity index (χ3n) is 2.75. The maximum Gasteiger partial charge on any atom is 0.435 e. The molecule has 0 atom stereocenters. The highest BCUT2D eigenvalue weighted by molar-refractivity contribution is 5.83. The van der Waals surface area contributed by atoms with Gasteiger partial charge in [-0.1, -0.05) is 13.8 Å². The summed E-state index contributed by atoms with van der Waals surface area (Å²) >= 11 is 0. The topological polar surface area (TPSA) is 34.9 Å². The van der Waals surface area contributed by atoms with Gasteiger partial charge in [0.25, 0.3) is 0 Å². The number of alkyl halides is 3. The van der Waals surface area contributed by atoms with Crippen molar-refractivity contribution in [2.45, 2.75) is 38.8 Å². The maximum absolute atomic E-state index is 12.5. The Labute approximate surface area is 96.6 Å². The summed E-state index contributed by atoms with van der Waals surface area (Å²) in [5, 5.41) is 3.41. The van der Waals surface area contributed by atoms with E-state index in [2.05, 4.69) is 5.10 Å². The van der Waals surface area contributed by atoms with Gasteiger partial charge in [0.2, 0.25) is 5.91 Å². The van der Waals surface area contributed by atoms with Crippen LogP contribution < -0.4 is 0 Å². The van der Waals surface area contributed by atoms with Gasteiger partial charge in [-0.2, -0.15) is 18.3 Å². The molecule has 94 valence electrons. The average molecular weight is 246 g/mol. The molecule has 0 unspecified atom stereocenters. The predicted octanol–water partition coefficient (Wildman–Crippen LogP) is 3.08. The molecule has 1 heterocycles. The summed E-state index contributed by atoms with van der Waals surface area (Å²) in [6.07, 6.45) is -3.01. The molecular formula is C11H13F3N2O. The third kappa shape index (κ3) is 2.35. The van der Waals surface area contributed by atoms with Crippen LogP contribution >= 0.6 is 0 Å². The molecule has 0 amide bonds. The zero-order chi connectivity index (χ0) is 12.8. The predicted molar refractivity (Wildman–Crippen MR) is 54.7 cm³/mol. The third-order valence-corrected chi connectivity index (χ3v) is 2.75. The molecule has 0 aromatic carbocycles. The second kappa shape index (κ2) is 3.85. The van der Waals surface area contributed by atoms with E-state index in [4.69, 9.17) is 0 Å². The monoisotopic (exact) mass is 246 g/mol. The molecule has 1 aromatic heterocycles. The minimum absolute atomic E-state index is 0.145. The summed E-state index contributed by atoms with van der Waals surface area (Å²) in [5.74, 6) is -0.626. The van der Waals surface area contributed by atoms with Crippen molar-refractivity contribution in [2.24, 2.45) is 5.92 Å². The Bertz CT molecular complexity index is 444. The number of aromatic nitrogens is 2. The van der Waals surface area contributed by atoms with Crippen LogP contribution in [0.2, 0.25) is 0 Å². The molecule has 6 heteroatoms. The van der Waals surface area contributed by atoms with Gasteiger partial charge < -0.3 is 0 Å². The van der Waals surface area contributed by atoms with Crippen LogP contribution in [0.4, 0.5) is 13.2 Å². The van der Waals surface area contributed by atoms with Gasteiger partial charge in [0.15, 0.2) is 5.69 Å². The molecule has 0 bridgehead atoms. The van der Waals surface area contributed by atoms with Gasteiger partial charge in [0, 0.05) is 5.92 Å². The van der Waals surface area contributed by atoms with E-state index in [9.17, 15) is 18.0 Å². The normalized spacial score (nSPS) is 16.6.